The fourth-order valence-electron chi connectivity index (χ4n) is 3.67. The van der Waals surface area contributed by atoms with Gasteiger partial charge in [0.05, 0.1) is 11.7 Å². The molecule has 1 aliphatic heterocycles. The van der Waals surface area contributed by atoms with Crippen LogP contribution in [0.4, 0.5) is 0 Å². The molecule has 1 fully saturated rings. The van der Waals surface area contributed by atoms with Crippen LogP contribution in [-0.2, 0) is 6.42 Å². The van der Waals surface area contributed by atoms with Crippen LogP contribution in [0.25, 0.3) is 0 Å². The van der Waals surface area contributed by atoms with Gasteiger partial charge in [0.2, 0.25) is 0 Å². The van der Waals surface area contributed by atoms with Crippen molar-refractivity contribution in [2.45, 2.75) is 43.3 Å². The molecule has 0 spiro atoms. The van der Waals surface area contributed by atoms with Crippen LogP contribution in [-0.4, -0.2) is 40.1 Å². The minimum Gasteiger partial charge on any atom is -0.508 e. The van der Waals surface area contributed by atoms with E-state index in [1.54, 1.807) is 12.1 Å². The van der Waals surface area contributed by atoms with E-state index in [1.165, 1.54) is 0 Å². The van der Waals surface area contributed by atoms with E-state index in [2.05, 4.69) is 5.32 Å². The predicted molar refractivity (Wildman–Crippen MR) is 104 cm³/mol. The third-order valence-corrected chi connectivity index (χ3v) is 5.61. The van der Waals surface area contributed by atoms with Gasteiger partial charge in [0.25, 0.3) is 0 Å². The first-order valence-electron chi connectivity index (χ1n) is 9.11. The summed E-state index contributed by atoms with van der Waals surface area (Å²) in [5, 5.41) is 35.1. The molecule has 140 valence electrons. The number of hydrogen-bond acceptors (Lipinski definition) is 4. The van der Waals surface area contributed by atoms with E-state index in [4.69, 9.17) is 11.6 Å². The molecule has 0 aliphatic carbocycles. The van der Waals surface area contributed by atoms with E-state index < -0.39 is 11.7 Å². The highest BCUT2D eigenvalue weighted by Crippen LogP contribution is 2.33. The number of aromatic hydroxyl groups is 1. The molecular weight excluding hydrogens is 350 g/mol. The molecule has 2 aromatic rings. The predicted octanol–water partition coefficient (Wildman–Crippen LogP) is 3.24. The van der Waals surface area contributed by atoms with Gasteiger partial charge in [-0.3, -0.25) is 0 Å². The van der Waals surface area contributed by atoms with Gasteiger partial charge in [0.15, 0.2) is 0 Å². The van der Waals surface area contributed by atoms with Crippen molar-refractivity contribution in [2.24, 2.45) is 0 Å². The van der Waals surface area contributed by atoms with E-state index in [0.717, 1.165) is 17.5 Å². The smallest absolute Gasteiger partial charge is 0.115 e. The number of hydrogen-bond donors (Lipinski definition) is 4. The standard InChI is InChI=1S/C21H26ClNO3/c22-18-5-1-15(2-6-18)13-17(16-3-7-19(24)8-4-16)14-20(25)21(26)9-11-23-12-10-21/h1-8,17,20,23-26H,9-14H2. The third kappa shape index (κ3) is 4.77. The monoisotopic (exact) mass is 375 g/mol. The fourth-order valence-corrected chi connectivity index (χ4v) is 3.80. The average Bonchev–Trinajstić information content (AvgIpc) is 2.64. The number of aliphatic hydroxyl groups excluding tert-OH is 1. The summed E-state index contributed by atoms with van der Waals surface area (Å²) < 4.78 is 0. The molecule has 0 bridgehead atoms. The Kier molecular flexibility index (Phi) is 6.20. The molecule has 0 amide bonds. The van der Waals surface area contributed by atoms with Gasteiger partial charge in [-0.25, -0.2) is 0 Å². The number of halogens is 1. The van der Waals surface area contributed by atoms with Crippen LogP contribution in [0.1, 0.15) is 36.3 Å². The first-order valence-corrected chi connectivity index (χ1v) is 9.48. The van der Waals surface area contributed by atoms with E-state index in [1.807, 2.05) is 36.4 Å². The van der Waals surface area contributed by atoms with Crippen molar-refractivity contribution in [1.82, 2.24) is 5.32 Å². The normalized spacial score (nSPS) is 19.0. The van der Waals surface area contributed by atoms with E-state index in [0.29, 0.717) is 37.4 Å². The zero-order valence-corrected chi connectivity index (χ0v) is 15.5. The summed E-state index contributed by atoms with van der Waals surface area (Å²) in [6, 6.07) is 14.8. The largest absolute Gasteiger partial charge is 0.508 e. The maximum Gasteiger partial charge on any atom is 0.115 e. The minimum absolute atomic E-state index is 0.0330. The summed E-state index contributed by atoms with van der Waals surface area (Å²) in [4.78, 5) is 0. The molecule has 1 saturated heterocycles. The molecular formula is C21H26ClNO3. The van der Waals surface area contributed by atoms with Crippen molar-refractivity contribution in [3.05, 3.63) is 64.7 Å². The average molecular weight is 376 g/mol. The van der Waals surface area contributed by atoms with Crippen molar-refractivity contribution in [3.63, 3.8) is 0 Å². The number of piperidine rings is 1. The van der Waals surface area contributed by atoms with Gasteiger partial charge >= 0.3 is 0 Å². The number of benzene rings is 2. The summed E-state index contributed by atoms with van der Waals surface area (Å²) in [5.41, 5.74) is 1.12. The molecule has 2 atom stereocenters. The lowest BCUT2D eigenvalue weighted by Gasteiger charge is -2.38. The second kappa shape index (κ2) is 8.40. The zero-order chi connectivity index (χ0) is 18.6. The lowest BCUT2D eigenvalue weighted by Crippen LogP contribution is -2.50. The summed E-state index contributed by atoms with van der Waals surface area (Å²) in [7, 11) is 0. The quantitative estimate of drug-likeness (QED) is 0.625. The summed E-state index contributed by atoms with van der Waals surface area (Å²) in [6.45, 7) is 1.43. The molecule has 2 unspecified atom stereocenters. The van der Waals surface area contributed by atoms with E-state index in [9.17, 15) is 15.3 Å². The van der Waals surface area contributed by atoms with Crippen molar-refractivity contribution in [1.29, 1.82) is 0 Å². The molecule has 3 rings (SSSR count). The first kappa shape index (κ1) is 19.2. The van der Waals surface area contributed by atoms with Crippen molar-refractivity contribution in [3.8, 4) is 5.75 Å². The van der Waals surface area contributed by atoms with Crippen molar-refractivity contribution < 1.29 is 15.3 Å². The van der Waals surface area contributed by atoms with Crippen molar-refractivity contribution >= 4 is 11.6 Å². The second-order valence-electron chi connectivity index (χ2n) is 7.22. The van der Waals surface area contributed by atoms with Crippen molar-refractivity contribution in [2.75, 3.05) is 13.1 Å². The minimum atomic E-state index is -1.04. The van der Waals surface area contributed by atoms with E-state index >= 15 is 0 Å². The maximum atomic E-state index is 10.8. The fraction of sp³-hybridized carbons (Fsp3) is 0.429. The van der Waals surface area contributed by atoms with Crippen LogP contribution in [0.5, 0.6) is 5.75 Å². The summed E-state index contributed by atoms with van der Waals surface area (Å²) in [6.07, 6.45) is 1.50. The molecule has 2 aromatic carbocycles. The van der Waals surface area contributed by atoms with Crippen LogP contribution in [0.15, 0.2) is 48.5 Å². The Bertz CT molecular complexity index is 696. The Morgan fingerprint density at radius 2 is 1.62 bits per heavy atom. The molecule has 1 aliphatic rings. The van der Waals surface area contributed by atoms with Gasteiger partial charge in [-0.05, 0) is 80.1 Å². The number of rotatable bonds is 6. The third-order valence-electron chi connectivity index (χ3n) is 5.36. The second-order valence-corrected chi connectivity index (χ2v) is 7.66. The molecule has 0 aromatic heterocycles. The molecule has 0 saturated carbocycles. The van der Waals surface area contributed by atoms with Crippen LogP contribution in [0.3, 0.4) is 0 Å². The Labute approximate surface area is 159 Å². The van der Waals surface area contributed by atoms with Crippen LogP contribution >= 0.6 is 11.6 Å². The van der Waals surface area contributed by atoms with Gasteiger partial charge in [0, 0.05) is 5.02 Å². The molecule has 26 heavy (non-hydrogen) atoms. The summed E-state index contributed by atoms with van der Waals surface area (Å²) >= 11 is 5.98. The Hall–Kier alpha value is -1.59. The van der Waals surface area contributed by atoms with Crippen LogP contribution in [0.2, 0.25) is 5.02 Å². The van der Waals surface area contributed by atoms with Gasteiger partial charge < -0.3 is 20.6 Å². The summed E-state index contributed by atoms with van der Waals surface area (Å²) in [5.74, 6) is 0.252. The lowest BCUT2D eigenvalue weighted by atomic mass is 9.79. The zero-order valence-electron chi connectivity index (χ0n) is 14.7. The lowest BCUT2D eigenvalue weighted by molar-refractivity contribution is -0.0976. The Balaban J connectivity index is 1.79. The number of nitrogens with one attached hydrogen (secondary N) is 1. The highest BCUT2D eigenvalue weighted by atomic mass is 35.5. The van der Waals surface area contributed by atoms with Crippen LogP contribution in [0, 0.1) is 0 Å². The SMILES string of the molecule is Oc1ccc(C(Cc2ccc(Cl)cc2)CC(O)C2(O)CCNCC2)cc1. The highest BCUT2D eigenvalue weighted by molar-refractivity contribution is 6.30. The Morgan fingerprint density at radius 3 is 2.23 bits per heavy atom. The highest BCUT2D eigenvalue weighted by Gasteiger charge is 2.38. The maximum absolute atomic E-state index is 10.8. The topological polar surface area (TPSA) is 72.7 Å². The Morgan fingerprint density at radius 1 is 1.00 bits per heavy atom. The molecule has 4 nitrogen and oxygen atoms in total. The van der Waals surface area contributed by atoms with Gasteiger partial charge in [0.1, 0.15) is 5.75 Å². The van der Waals surface area contributed by atoms with Gasteiger partial charge in [-0.15, -0.1) is 0 Å². The van der Waals surface area contributed by atoms with E-state index in [-0.39, 0.29) is 11.7 Å². The number of phenols is 1. The molecule has 1 heterocycles. The molecule has 0 radical (unpaired) electrons. The van der Waals surface area contributed by atoms with Gasteiger partial charge in [-0.1, -0.05) is 35.9 Å². The molecule has 5 heteroatoms. The van der Waals surface area contributed by atoms with Gasteiger partial charge in [-0.2, -0.15) is 0 Å². The molecule has 4 N–H and O–H groups in total. The first-order chi connectivity index (χ1) is 12.5. The number of aliphatic hydroxyl groups is 2. The van der Waals surface area contributed by atoms with Crippen LogP contribution < -0.4 is 5.32 Å². The number of phenolic OH excluding ortho intramolecular Hbond substituents is 1.